The van der Waals surface area contributed by atoms with Crippen molar-refractivity contribution in [2.24, 2.45) is 0 Å². The molecule has 98 valence electrons. The van der Waals surface area contributed by atoms with Gasteiger partial charge in [0.25, 0.3) is 0 Å². The van der Waals surface area contributed by atoms with Crippen molar-refractivity contribution in [1.82, 2.24) is 10.2 Å². The lowest BCUT2D eigenvalue weighted by Crippen LogP contribution is -2.42. The minimum absolute atomic E-state index is 0.0607. The van der Waals surface area contributed by atoms with Crippen LogP contribution in [-0.4, -0.2) is 30.9 Å². The number of nitrogens with one attached hydrogen (secondary N) is 1. The van der Waals surface area contributed by atoms with E-state index in [4.69, 9.17) is 0 Å². The highest BCUT2D eigenvalue weighted by atomic mass is 19.1. The second-order valence-corrected chi connectivity index (χ2v) is 5.06. The molecule has 1 aromatic carbocycles. The maximum atomic E-state index is 13.1. The van der Waals surface area contributed by atoms with Crippen molar-refractivity contribution in [3.8, 4) is 0 Å². The highest BCUT2D eigenvalue weighted by molar-refractivity contribution is 5.81. The van der Waals surface area contributed by atoms with Crippen LogP contribution in [0, 0.1) is 5.82 Å². The molecule has 1 aromatic rings. The van der Waals surface area contributed by atoms with Crippen molar-refractivity contribution in [2.45, 2.75) is 31.8 Å². The maximum Gasteiger partial charge on any atom is 0.238 e. The molecule has 0 fully saturated rings. The Hall–Kier alpha value is -1.42. The topological polar surface area (TPSA) is 32.3 Å². The average molecular weight is 250 g/mol. The Morgan fingerprint density at radius 2 is 2.22 bits per heavy atom. The number of hydrogen-bond acceptors (Lipinski definition) is 2. The number of halogens is 1. The maximum absolute atomic E-state index is 13.1. The standard InChI is InChI=1S/C14H19FN2O/c1-9(14(18)17(2)3)16-13-7-4-10-8-11(15)5-6-12(10)13/h5-6,8-9,13,16H,4,7H2,1-3H3. The summed E-state index contributed by atoms with van der Waals surface area (Å²) in [5.41, 5.74) is 2.17. The summed E-state index contributed by atoms with van der Waals surface area (Å²) in [6.07, 6.45) is 1.79. The molecule has 2 rings (SSSR count). The lowest BCUT2D eigenvalue weighted by molar-refractivity contribution is -0.130. The van der Waals surface area contributed by atoms with Crippen LogP contribution in [0.5, 0.6) is 0 Å². The summed E-state index contributed by atoms with van der Waals surface area (Å²) in [4.78, 5) is 13.4. The molecule has 18 heavy (non-hydrogen) atoms. The molecule has 4 heteroatoms. The van der Waals surface area contributed by atoms with Gasteiger partial charge in [0.2, 0.25) is 5.91 Å². The fraction of sp³-hybridized carbons (Fsp3) is 0.500. The summed E-state index contributed by atoms with van der Waals surface area (Å²) in [7, 11) is 3.50. The summed E-state index contributed by atoms with van der Waals surface area (Å²) < 4.78 is 13.1. The fourth-order valence-corrected chi connectivity index (χ4v) is 2.52. The van der Waals surface area contributed by atoms with Crippen LogP contribution in [0.15, 0.2) is 18.2 Å². The molecule has 1 N–H and O–H groups in total. The Morgan fingerprint density at radius 1 is 1.50 bits per heavy atom. The van der Waals surface area contributed by atoms with E-state index in [1.165, 1.54) is 6.07 Å². The van der Waals surface area contributed by atoms with E-state index in [1.807, 2.05) is 13.0 Å². The monoisotopic (exact) mass is 250 g/mol. The summed E-state index contributed by atoms with van der Waals surface area (Å²) in [6, 6.07) is 4.83. The van der Waals surface area contributed by atoms with Gasteiger partial charge in [0.15, 0.2) is 0 Å². The van der Waals surface area contributed by atoms with Gasteiger partial charge < -0.3 is 4.90 Å². The number of benzene rings is 1. The largest absolute Gasteiger partial charge is 0.347 e. The van der Waals surface area contributed by atoms with Gasteiger partial charge in [-0.15, -0.1) is 0 Å². The molecule has 2 atom stereocenters. The van der Waals surface area contributed by atoms with Crippen molar-refractivity contribution in [3.63, 3.8) is 0 Å². The Morgan fingerprint density at radius 3 is 2.89 bits per heavy atom. The molecule has 1 amide bonds. The highest BCUT2D eigenvalue weighted by Gasteiger charge is 2.26. The number of fused-ring (bicyclic) bond motifs is 1. The number of amides is 1. The van der Waals surface area contributed by atoms with E-state index < -0.39 is 0 Å². The van der Waals surface area contributed by atoms with Crippen molar-refractivity contribution in [2.75, 3.05) is 14.1 Å². The van der Waals surface area contributed by atoms with E-state index in [1.54, 1.807) is 25.1 Å². The highest BCUT2D eigenvalue weighted by Crippen LogP contribution is 2.31. The summed E-state index contributed by atoms with van der Waals surface area (Å²) in [6.45, 7) is 1.86. The third-order valence-corrected chi connectivity index (χ3v) is 3.45. The van der Waals surface area contributed by atoms with E-state index in [-0.39, 0.29) is 23.8 Å². The molecule has 0 aliphatic heterocycles. The van der Waals surface area contributed by atoms with E-state index >= 15 is 0 Å². The molecule has 0 radical (unpaired) electrons. The first-order valence-corrected chi connectivity index (χ1v) is 6.24. The summed E-state index contributed by atoms with van der Waals surface area (Å²) >= 11 is 0. The smallest absolute Gasteiger partial charge is 0.238 e. The third kappa shape index (κ3) is 2.53. The zero-order valence-corrected chi connectivity index (χ0v) is 11.0. The second kappa shape index (κ2) is 5.06. The number of carbonyl (C=O) groups is 1. The number of aryl methyl sites for hydroxylation is 1. The normalized spacial score (nSPS) is 19.4. The predicted molar refractivity (Wildman–Crippen MR) is 68.8 cm³/mol. The van der Waals surface area contributed by atoms with Crippen molar-refractivity contribution in [3.05, 3.63) is 35.1 Å². The van der Waals surface area contributed by atoms with E-state index in [2.05, 4.69) is 5.32 Å². The summed E-state index contributed by atoms with van der Waals surface area (Å²) in [5, 5.41) is 3.32. The third-order valence-electron chi connectivity index (χ3n) is 3.45. The minimum atomic E-state index is -0.221. The van der Waals surface area contributed by atoms with Crippen LogP contribution in [0.3, 0.4) is 0 Å². The molecule has 2 unspecified atom stereocenters. The fourth-order valence-electron chi connectivity index (χ4n) is 2.52. The van der Waals surface area contributed by atoms with Gasteiger partial charge in [0, 0.05) is 20.1 Å². The molecular formula is C14H19FN2O. The van der Waals surface area contributed by atoms with Crippen LogP contribution in [0.1, 0.15) is 30.5 Å². The SMILES string of the molecule is CC(NC1CCc2cc(F)ccc21)C(=O)N(C)C. The first-order valence-electron chi connectivity index (χ1n) is 6.24. The van der Waals surface area contributed by atoms with Crippen LogP contribution in [-0.2, 0) is 11.2 Å². The van der Waals surface area contributed by atoms with E-state index in [0.717, 1.165) is 24.0 Å². The van der Waals surface area contributed by atoms with Gasteiger partial charge in [0.1, 0.15) is 5.82 Å². The van der Waals surface area contributed by atoms with Crippen LogP contribution in [0.25, 0.3) is 0 Å². The van der Waals surface area contributed by atoms with Crippen LogP contribution >= 0.6 is 0 Å². The zero-order valence-electron chi connectivity index (χ0n) is 11.0. The molecule has 0 aromatic heterocycles. The number of likely N-dealkylation sites (N-methyl/N-ethyl adjacent to an activating group) is 1. The Balaban J connectivity index is 2.08. The van der Waals surface area contributed by atoms with Crippen molar-refractivity contribution >= 4 is 5.91 Å². The quantitative estimate of drug-likeness (QED) is 0.888. The average Bonchev–Trinajstić information content (AvgIpc) is 2.70. The Bertz CT molecular complexity index is 459. The predicted octanol–water partition coefficient (Wildman–Crippen LogP) is 1.88. The number of rotatable bonds is 3. The molecular weight excluding hydrogens is 231 g/mol. The van der Waals surface area contributed by atoms with Crippen LogP contribution < -0.4 is 5.32 Å². The Labute approximate surface area is 107 Å². The van der Waals surface area contributed by atoms with Crippen molar-refractivity contribution in [1.29, 1.82) is 0 Å². The van der Waals surface area contributed by atoms with Gasteiger partial charge in [-0.2, -0.15) is 0 Å². The van der Waals surface area contributed by atoms with Crippen LogP contribution in [0.2, 0.25) is 0 Å². The van der Waals surface area contributed by atoms with Gasteiger partial charge in [-0.3, -0.25) is 10.1 Å². The van der Waals surface area contributed by atoms with E-state index in [9.17, 15) is 9.18 Å². The molecule has 0 saturated carbocycles. The van der Waals surface area contributed by atoms with Gasteiger partial charge in [-0.05, 0) is 43.0 Å². The number of hydrogen-bond donors (Lipinski definition) is 1. The van der Waals surface area contributed by atoms with Crippen LogP contribution in [0.4, 0.5) is 4.39 Å². The van der Waals surface area contributed by atoms with Gasteiger partial charge in [-0.1, -0.05) is 6.07 Å². The molecule has 1 aliphatic carbocycles. The number of nitrogens with zero attached hydrogens (tertiary/aromatic N) is 1. The van der Waals surface area contributed by atoms with Gasteiger partial charge in [-0.25, -0.2) is 4.39 Å². The molecule has 0 spiro atoms. The Kier molecular flexibility index (Phi) is 3.66. The molecule has 1 aliphatic rings. The van der Waals surface area contributed by atoms with Crippen molar-refractivity contribution < 1.29 is 9.18 Å². The van der Waals surface area contributed by atoms with Gasteiger partial charge in [0.05, 0.1) is 6.04 Å². The molecule has 0 bridgehead atoms. The molecule has 0 saturated heterocycles. The summed E-state index contributed by atoms with van der Waals surface area (Å²) in [5.74, 6) is -0.127. The second-order valence-electron chi connectivity index (χ2n) is 5.06. The minimum Gasteiger partial charge on any atom is -0.347 e. The molecule has 3 nitrogen and oxygen atoms in total. The lowest BCUT2D eigenvalue weighted by atomic mass is 10.1. The lowest BCUT2D eigenvalue weighted by Gasteiger charge is -2.22. The molecule has 0 heterocycles. The van der Waals surface area contributed by atoms with Gasteiger partial charge >= 0.3 is 0 Å². The van der Waals surface area contributed by atoms with E-state index in [0.29, 0.717) is 0 Å². The first-order chi connectivity index (χ1) is 8.49. The first kappa shape index (κ1) is 13.0. The number of carbonyl (C=O) groups excluding carboxylic acids is 1. The zero-order chi connectivity index (χ0) is 13.3.